The van der Waals surface area contributed by atoms with Crippen LogP contribution in [-0.4, -0.2) is 58.4 Å². The summed E-state index contributed by atoms with van der Waals surface area (Å²) in [5.41, 5.74) is 0. The average Bonchev–Trinajstić information content (AvgIpc) is 2.37. The predicted molar refractivity (Wildman–Crippen MR) is 73.1 cm³/mol. The Balaban J connectivity index is 2.42. The third kappa shape index (κ3) is 5.22. The van der Waals surface area contributed by atoms with Crippen molar-refractivity contribution in [1.29, 1.82) is 0 Å². The van der Waals surface area contributed by atoms with Crippen molar-refractivity contribution in [3.05, 3.63) is 0 Å². The summed E-state index contributed by atoms with van der Waals surface area (Å²) in [7, 11) is -1.60. The summed E-state index contributed by atoms with van der Waals surface area (Å²) < 4.78 is 30.6. The molecule has 0 aromatic heterocycles. The Morgan fingerprint density at radius 3 is 2.89 bits per heavy atom. The minimum absolute atomic E-state index is 0.0958. The van der Waals surface area contributed by atoms with E-state index in [4.69, 9.17) is 4.74 Å². The van der Waals surface area contributed by atoms with Gasteiger partial charge in [0.05, 0.1) is 12.4 Å². The van der Waals surface area contributed by atoms with Gasteiger partial charge in [0.25, 0.3) is 0 Å². The zero-order valence-electron chi connectivity index (χ0n) is 11.5. The molecule has 0 saturated carbocycles. The summed E-state index contributed by atoms with van der Waals surface area (Å²) in [5, 5.41) is 3.37. The van der Waals surface area contributed by atoms with Crippen molar-refractivity contribution in [1.82, 2.24) is 9.62 Å². The summed E-state index contributed by atoms with van der Waals surface area (Å²) >= 11 is 0. The highest BCUT2D eigenvalue weighted by molar-refractivity contribution is 7.89. The molecule has 1 fully saturated rings. The number of ether oxygens (including phenoxy) is 1. The van der Waals surface area contributed by atoms with E-state index in [0.717, 1.165) is 32.4 Å². The van der Waals surface area contributed by atoms with Gasteiger partial charge in [-0.3, -0.25) is 0 Å². The van der Waals surface area contributed by atoms with Crippen LogP contribution in [0, 0.1) is 5.92 Å². The third-order valence-electron chi connectivity index (χ3n) is 3.28. The van der Waals surface area contributed by atoms with Gasteiger partial charge in [-0.15, -0.1) is 0 Å². The molecule has 1 N–H and O–H groups in total. The van der Waals surface area contributed by atoms with Crippen molar-refractivity contribution in [2.45, 2.75) is 26.2 Å². The standard InChI is InChI=1S/C12H26N2O3S/c1-3-6-13-10-12-5-4-7-14(11-12)18(15,16)9-8-17-2/h12-13H,3-11H2,1-2H3. The summed E-state index contributed by atoms with van der Waals surface area (Å²) in [5.74, 6) is 0.543. The third-order valence-corrected chi connectivity index (χ3v) is 5.08. The van der Waals surface area contributed by atoms with E-state index in [2.05, 4.69) is 12.2 Å². The number of nitrogens with zero attached hydrogens (tertiary/aromatic N) is 1. The van der Waals surface area contributed by atoms with Gasteiger partial charge in [0.2, 0.25) is 10.0 Å². The molecule has 0 spiro atoms. The number of rotatable bonds is 8. The van der Waals surface area contributed by atoms with Gasteiger partial charge < -0.3 is 10.1 Å². The predicted octanol–water partition coefficient (Wildman–Crippen LogP) is 0.674. The first-order chi connectivity index (χ1) is 8.60. The molecule has 0 amide bonds. The molecule has 1 aliphatic rings. The molecule has 0 aliphatic carbocycles. The van der Waals surface area contributed by atoms with Gasteiger partial charge in [-0.05, 0) is 38.3 Å². The van der Waals surface area contributed by atoms with Gasteiger partial charge in [0, 0.05) is 20.2 Å². The molecule has 0 bridgehead atoms. The molecule has 18 heavy (non-hydrogen) atoms. The maximum absolute atomic E-state index is 12.0. The molecule has 6 heteroatoms. The molecular weight excluding hydrogens is 252 g/mol. The molecule has 1 aliphatic heterocycles. The van der Waals surface area contributed by atoms with Crippen molar-refractivity contribution >= 4 is 10.0 Å². The quantitative estimate of drug-likeness (QED) is 0.663. The van der Waals surface area contributed by atoms with E-state index < -0.39 is 10.0 Å². The number of sulfonamides is 1. The lowest BCUT2D eigenvalue weighted by molar-refractivity contribution is 0.212. The van der Waals surface area contributed by atoms with Gasteiger partial charge in [0.15, 0.2) is 0 Å². The Labute approximate surface area is 111 Å². The Bertz CT molecular complexity index is 319. The zero-order chi connectivity index (χ0) is 13.4. The van der Waals surface area contributed by atoms with Crippen LogP contribution in [0.5, 0.6) is 0 Å². The minimum Gasteiger partial charge on any atom is -0.384 e. The van der Waals surface area contributed by atoms with Crippen LogP contribution in [0.4, 0.5) is 0 Å². The van der Waals surface area contributed by atoms with E-state index >= 15 is 0 Å². The highest BCUT2D eigenvalue weighted by atomic mass is 32.2. The summed E-state index contributed by atoms with van der Waals surface area (Å²) in [6.07, 6.45) is 3.19. The molecule has 0 radical (unpaired) electrons. The first kappa shape index (κ1) is 15.9. The molecule has 1 heterocycles. The van der Waals surface area contributed by atoms with E-state index in [-0.39, 0.29) is 12.4 Å². The molecule has 1 unspecified atom stereocenters. The maximum atomic E-state index is 12.0. The molecule has 0 aromatic carbocycles. The maximum Gasteiger partial charge on any atom is 0.216 e. The van der Waals surface area contributed by atoms with E-state index in [0.29, 0.717) is 19.0 Å². The van der Waals surface area contributed by atoms with Crippen LogP contribution in [-0.2, 0) is 14.8 Å². The van der Waals surface area contributed by atoms with E-state index in [1.54, 1.807) is 4.31 Å². The lowest BCUT2D eigenvalue weighted by atomic mass is 10.00. The smallest absolute Gasteiger partial charge is 0.216 e. The van der Waals surface area contributed by atoms with Crippen LogP contribution in [0.2, 0.25) is 0 Å². The van der Waals surface area contributed by atoms with E-state index in [1.807, 2.05) is 0 Å². The van der Waals surface area contributed by atoms with Gasteiger partial charge >= 0.3 is 0 Å². The Morgan fingerprint density at radius 2 is 2.22 bits per heavy atom. The summed E-state index contributed by atoms with van der Waals surface area (Å²) in [4.78, 5) is 0. The molecule has 5 nitrogen and oxygen atoms in total. The van der Waals surface area contributed by atoms with Crippen LogP contribution in [0.3, 0.4) is 0 Å². The first-order valence-corrected chi connectivity index (χ1v) is 8.38. The van der Waals surface area contributed by atoms with Gasteiger partial charge in [-0.2, -0.15) is 0 Å². The Kier molecular flexibility index (Phi) is 7.14. The fourth-order valence-electron chi connectivity index (χ4n) is 2.25. The molecule has 1 rings (SSSR count). The van der Waals surface area contributed by atoms with Crippen LogP contribution < -0.4 is 5.32 Å². The van der Waals surface area contributed by atoms with Gasteiger partial charge in [-0.25, -0.2) is 12.7 Å². The molecule has 1 atom stereocenters. The highest BCUT2D eigenvalue weighted by Crippen LogP contribution is 2.18. The fourth-order valence-corrected chi connectivity index (χ4v) is 3.73. The van der Waals surface area contributed by atoms with Crippen molar-refractivity contribution in [2.75, 3.05) is 45.6 Å². The minimum atomic E-state index is -3.13. The fraction of sp³-hybridized carbons (Fsp3) is 1.00. The van der Waals surface area contributed by atoms with Crippen molar-refractivity contribution < 1.29 is 13.2 Å². The number of hydrogen-bond acceptors (Lipinski definition) is 4. The first-order valence-electron chi connectivity index (χ1n) is 6.77. The Hall–Kier alpha value is -0.170. The number of nitrogens with one attached hydrogen (secondary N) is 1. The van der Waals surface area contributed by atoms with Crippen molar-refractivity contribution in [3.63, 3.8) is 0 Å². The van der Waals surface area contributed by atoms with Crippen molar-refractivity contribution in [2.24, 2.45) is 5.92 Å². The van der Waals surface area contributed by atoms with Crippen LogP contribution in [0.1, 0.15) is 26.2 Å². The topological polar surface area (TPSA) is 58.6 Å². The summed E-state index contributed by atoms with van der Waals surface area (Å²) in [6.45, 7) is 5.66. The number of hydrogen-bond donors (Lipinski definition) is 1. The Morgan fingerprint density at radius 1 is 1.44 bits per heavy atom. The molecular formula is C12H26N2O3S. The lowest BCUT2D eigenvalue weighted by Gasteiger charge is -2.32. The average molecular weight is 278 g/mol. The molecule has 108 valence electrons. The van der Waals surface area contributed by atoms with E-state index in [9.17, 15) is 8.42 Å². The normalized spacial score (nSPS) is 22.2. The van der Waals surface area contributed by atoms with Crippen LogP contribution in [0.25, 0.3) is 0 Å². The van der Waals surface area contributed by atoms with Crippen LogP contribution >= 0.6 is 0 Å². The lowest BCUT2D eigenvalue weighted by Crippen LogP contribution is -2.44. The second kappa shape index (κ2) is 8.09. The van der Waals surface area contributed by atoms with Crippen molar-refractivity contribution in [3.8, 4) is 0 Å². The second-order valence-corrected chi connectivity index (χ2v) is 6.97. The second-order valence-electron chi connectivity index (χ2n) is 4.88. The number of methoxy groups -OCH3 is 1. The highest BCUT2D eigenvalue weighted by Gasteiger charge is 2.28. The van der Waals surface area contributed by atoms with Gasteiger partial charge in [0.1, 0.15) is 0 Å². The van der Waals surface area contributed by atoms with Gasteiger partial charge in [-0.1, -0.05) is 6.92 Å². The largest absolute Gasteiger partial charge is 0.384 e. The molecule has 1 saturated heterocycles. The van der Waals surface area contributed by atoms with E-state index in [1.165, 1.54) is 7.11 Å². The zero-order valence-corrected chi connectivity index (χ0v) is 12.3. The SMILES string of the molecule is CCCNCC1CCCN(S(=O)(=O)CCOC)C1. The number of piperidine rings is 1. The van der Waals surface area contributed by atoms with Crippen LogP contribution in [0.15, 0.2) is 0 Å². The monoisotopic (exact) mass is 278 g/mol. The molecule has 0 aromatic rings. The summed E-state index contributed by atoms with van der Waals surface area (Å²) in [6, 6.07) is 0.